The lowest BCUT2D eigenvalue weighted by atomic mass is 9.73. The molecule has 1 spiro atoms. The summed E-state index contributed by atoms with van der Waals surface area (Å²) in [5.41, 5.74) is 1.08. The number of hydrogen-bond acceptors (Lipinski definition) is 6. The molecule has 0 aliphatic carbocycles. The van der Waals surface area contributed by atoms with E-state index in [0.717, 1.165) is 5.56 Å². The smallest absolute Gasteiger partial charge is 0.322 e. The molecule has 0 bridgehead atoms. The Morgan fingerprint density at radius 2 is 1.63 bits per heavy atom. The lowest BCUT2D eigenvalue weighted by molar-refractivity contribution is -0.140. The number of fused-ring (bicyclic) bond motifs is 2. The molecular formula is C22H22N2O5S. The average molecular weight is 426 g/mol. The number of benzene rings is 2. The number of ether oxygens (including phenoxy) is 1. The Morgan fingerprint density at radius 1 is 0.933 bits per heavy atom. The van der Waals surface area contributed by atoms with E-state index >= 15 is 0 Å². The van der Waals surface area contributed by atoms with E-state index in [0.29, 0.717) is 50.3 Å². The van der Waals surface area contributed by atoms with Crippen LogP contribution >= 0.6 is 0 Å². The predicted octanol–water partition coefficient (Wildman–Crippen LogP) is 1.71. The number of carbonyl (C=O) groups excluding carboxylic acids is 2. The molecule has 2 saturated heterocycles. The molecule has 2 aromatic carbocycles. The second kappa shape index (κ2) is 7.21. The molecule has 156 valence electrons. The van der Waals surface area contributed by atoms with Crippen molar-refractivity contribution in [3.05, 3.63) is 54.1 Å². The fraction of sp³-hybridized carbons (Fsp3) is 0.364. The monoisotopic (exact) mass is 426 g/mol. The first-order valence-corrected chi connectivity index (χ1v) is 11.3. The van der Waals surface area contributed by atoms with Crippen LogP contribution in [-0.2, 0) is 25.7 Å². The molecule has 0 N–H and O–H groups in total. The van der Waals surface area contributed by atoms with Crippen LogP contribution in [0.4, 0.5) is 5.69 Å². The molecule has 1 amide bonds. The van der Waals surface area contributed by atoms with Crippen LogP contribution in [0.5, 0.6) is 5.75 Å². The molecule has 0 radical (unpaired) electrons. The Labute approximate surface area is 176 Å². The summed E-state index contributed by atoms with van der Waals surface area (Å²) in [4.78, 5) is 29.9. The maximum atomic E-state index is 13.1. The zero-order valence-electron chi connectivity index (χ0n) is 16.3. The van der Waals surface area contributed by atoms with Crippen LogP contribution in [0.15, 0.2) is 53.4 Å². The minimum Gasteiger partial charge on any atom is -0.426 e. The summed E-state index contributed by atoms with van der Waals surface area (Å²) < 4.78 is 27.7. The Kier molecular flexibility index (Phi) is 4.63. The van der Waals surface area contributed by atoms with Crippen LogP contribution in [0.25, 0.3) is 0 Å². The molecule has 8 heteroatoms. The van der Waals surface area contributed by atoms with Gasteiger partial charge < -0.3 is 9.64 Å². The van der Waals surface area contributed by atoms with Crippen LogP contribution in [0, 0.1) is 0 Å². The van der Waals surface area contributed by atoms with Gasteiger partial charge in [0, 0.05) is 30.9 Å². The van der Waals surface area contributed by atoms with E-state index in [1.54, 1.807) is 17.0 Å². The van der Waals surface area contributed by atoms with E-state index < -0.39 is 16.1 Å². The third kappa shape index (κ3) is 2.94. The van der Waals surface area contributed by atoms with Gasteiger partial charge in [0.2, 0.25) is 5.91 Å². The Balaban J connectivity index is 1.29. The maximum Gasteiger partial charge on any atom is 0.322 e. The minimum absolute atomic E-state index is 0.0274. The van der Waals surface area contributed by atoms with Gasteiger partial charge in [0.05, 0.1) is 16.4 Å². The number of para-hydroxylation sites is 1. The summed E-state index contributed by atoms with van der Waals surface area (Å²) in [5.74, 6) is 0.501. The fourth-order valence-electron chi connectivity index (χ4n) is 4.96. The summed E-state index contributed by atoms with van der Waals surface area (Å²) in [7, 11) is -2.63. The van der Waals surface area contributed by atoms with E-state index in [9.17, 15) is 18.0 Å². The molecular weight excluding hydrogens is 404 g/mol. The molecule has 7 nitrogen and oxygen atoms in total. The first-order chi connectivity index (χ1) is 14.5. The number of amides is 1. The minimum atomic E-state index is -2.63. The highest BCUT2D eigenvalue weighted by Crippen LogP contribution is 2.46. The van der Waals surface area contributed by atoms with Gasteiger partial charge in [-0.15, -0.1) is 0 Å². The van der Waals surface area contributed by atoms with Gasteiger partial charge in [0.25, 0.3) is 0 Å². The van der Waals surface area contributed by atoms with Crippen molar-refractivity contribution in [2.45, 2.75) is 35.6 Å². The molecule has 5 rings (SSSR count). The second-order valence-electron chi connectivity index (χ2n) is 8.07. The van der Waals surface area contributed by atoms with Crippen molar-refractivity contribution in [1.29, 1.82) is 0 Å². The van der Waals surface area contributed by atoms with Crippen molar-refractivity contribution in [2.75, 3.05) is 24.5 Å². The van der Waals surface area contributed by atoms with Gasteiger partial charge in [-0.2, -0.15) is 0 Å². The van der Waals surface area contributed by atoms with Crippen molar-refractivity contribution in [2.24, 2.45) is 0 Å². The Hall–Kier alpha value is -2.71. The summed E-state index contributed by atoms with van der Waals surface area (Å²) in [6.07, 6.45) is 1.99. The predicted molar refractivity (Wildman–Crippen MR) is 110 cm³/mol. The SMILES string of the molecule is O=C1[C@@H](N2CCC3(CC2)C(=O)Oc2ccccc23)CCN1c1ccc([SH](=O)=O)cc1. The van der Waals surface area contributed by atoms with Crippen molar-refractivity contribution in [3.63, 3.8) is 0 Å². The van der Waals surface area contributed by atoms with Gasteiger partial charge in [-0.3, -0.25) is 14.5 Å². The van der Waals surface area contributed by atoms with Crippen LogP contribution in [-0.4, -0.2) is 50.9 Å². The number of hydrogen-bond donors (Lipinski definition) is 1. The Bertz CT molecular complexity index is 1080. The molecule has 3 aliphatic heterocycles. The van der Waals surface area contributed by atoms with Crippen molar-refractivity contribution in [3.8, 4) is 5.75 Å². The lowest BCUT2D eigenvalue weighted by Crippen LogP contribution is -2.51. The van der Waals surface area contributed by atoms with Gasteiger partial charge in [-0.05, 0) is 49.6 Å². The number of likely N-dealkylation sites (tertiary alicyclic amines) is 1. The van der Waals surface area contributed by atoms with Crippen molar-refractivity contribution < 1.29 is 22.7 Å². The third-order valence-electron chi connectivity index (χ3n) is 6.64. The van der Waals surface area contributed by atoms with Gasteiger partial charge in [0.15, 0.2) is 10.7 Å². The van der Waals surface area contributed by atoms with Gasteiger partial charge in [0.1, 0.15) is 5.75 Å². The molecule has 1 atom stereocenters. The standard InChI is InChI=1S/C22H22N2O5S/c25-20-18(9-12-24(20)15-5-7-16(8-6-15)30(27)28)23-13-10-22(11-14-23)17-3-1-2-4-19(17)29-21(22)26/h1-8,18,30H,9-14H2/t18-/m0/s1. The van der Waals surface area contributed by atoms with E-state index in [2.05, 4.69) is 4.90 Å². The topological polar surface area (TPSA) is 84.0 Å². The lowest BCUT2D eigenvalue weighted by Gasteiger charge is -2.39. The first kappa shape index (κ1) is 19.3. The zero-order chi connectivity index (χ0) is 20.9. The molecule has 3 aliphatic rings. The number of anilines is 1. The summed E-state index contributed by atoms with van der Waals surface area (Å²) in [6, 6.07) is 13.8. The third-order valence-corrected chi connectivity index (χ3v) is 7.36. The largest absolute Gasteiger partial charge is 0.426 e. The summed E-state index contributed by atoms with van der Waals surface area (Å²) in [6.45, 7) is 1.91. The van der Waals surface area contributed by atoms with Crippen molar-refractivity contribution >= 4 is 28.3 Å². The number of rotatable bonds is 3. The van der Waals surface area contributed by atoms with E-state index in [1.165, 1.54) is 12.1 Å². The molecule has 0 saturated carbocycles. The zero-order valence-corrected chi connectivity index (χ0v) is 17.2. The number of nitrogens with zero attached hydrogens (tertiary/aromatic N) is 2. The van der Waals surface area contributed by atoms with Gasteiger partial charge in [-0.25, -0.2) is 8.42 Å². The number of carbonyl (C=O) groups is 2. The summed E-state index contributed by atoms with van der Waals surface area (Å²) >= 11 is 0. The van der Waals surface area contributed by atoms with Crippen molar-refractivity contribution in [1.82, 2.24) is 4.90 Å². The van der Waals surface area contributed by atoms with Gasteiger partial charge >= 0.3 is 5.97 Å². The highest BCUT2D eigenvalue weighted by atomic mass is 32.2. The van der Waals surface area contributed by atoms with E-state index in [-0.39, 0.29) is 22.8 Å². The molecule has 30 heavy (non-hydrogen) atoms. The first-order valence-electron chi connectivity index (χ1n) is 10.1. The molecule has 2 fully saturated rings. The maximum absolute atomic E-state index is 13.1. The molecule has 3 heterocycles. The molecule has 0 aromatic heterocycles. The highest BCUT2D eigenvalue weighted by molar-refractivity contribution is 7.72. The van der Waals surface area contributed by atoms with E-state index in [1.807, 2.05) is 24.3 Å². The van der Waals surface area contributed by atoms with E-state index in [4.69, 9.17) is 4.74 Å². The van der Waals surface area contributed by atoms with Gasteiger partial charge in [-0.1, -0.05) is 18.2 Å². The number of esters is 1. The van der Waals surface area contributed by atoms with Crippen LogP contribution in [0.1, 0.15) is 24.8 Å². The Morgan fingerprint density at radius 3 is 2.33 bits per heavy atom. The average Bonchev–Trinajstić information content (AvgIpc) is 3.27. The summed E-state index contributed by atoms with van der Waals surface area (Å²) in [5, 5.41) is 0. The molecule has 0 unspecified atom stereocenters. The highest BCUT2D eigenvalue weighted by Gasteiger charge is 2.52. The van der Waals surface area contributed by atoms with Crippen LogP contribution in [0.3, 0.4) is 0 Å². The van der Waals surface area contributed by atoms with Crippen LogP contribution < -0.4 is 9.64 Å². The van der Waals surface area contributed by atoms with Crippen LogP contribution in [0.2, 0.25) is 0 Å². The normalized spacial score (nSPS) is 23.2. The number of piperidine rings is 1. The quantitative estimate of drug-likeness (QED) is 0.457. The number of thiol groups is 1. The second-order valence-corrected chi connectivity index (χ2v) is 9.10. The fourth-order valence-corrected chi connectivity index (χ4v) is 5.36. The molecule has 2 aromatic rings.